The van der Waals surface area contributed by atoms with Crippen LogP contribution in [-0.4, -0.2) is 42.4 Å². The van der Waals surface area contributed by atoms with Crippen LogP contribution in [0.15, 0.2) is 0 Å². The van der Waals surface area contributed by atoms with Crippen molar-refractivity contribution in [3.05, 3.63) is 0 Å². The smallest absolute Gasteiger partial charge is 0.420 e. The number of hydrogen-bond acceptors (Lipinski definition) is 4. The zero-order valence-corrected chi connectivity index (χ0v) is 16.9. The Labute approximate surface area is 112 Å². The maximum absolute atomic E-state index is 6.34. The molecule has 0 aliphatic heterocycles. The van der Waals surface area contributed by atoms with Gasteiger partial charge in [0.15, 0.2) is 18.1 Å². The van der Waals surface area contributed by atoms with Crippen LogP contribution >= 0.6 is 0 Å². The van der Waals surface area contributed by atoms with Crippen LogP contribution in [0.1, 0.15) is 6.92 Å². The van der Waals surface area contributed by atoms with E-state index in [0.29, 0.717) is 0 Å². The van der Waals surface area contributed by atoms with Crippen LogP contribution in [0.4, 0.5) is 0 Å². The first-order valence-electron chi connectivity index (χ1n) is 6.41. The molecule has 104 valence electrons. The van der Waals surface area contributed by atoms with Gasteiger partial charge in [-0.05, 0) is 46.3 Å². The molecule has 0 aromatic rings. The van der Waals surface area contributed by atoms with Crippen molar-refractivity contribution in [2.75, 3.05) is 7.05 Å². The van der Waals surface area contributed by atoms with Gasteiger partial charge in [0.2, 0.25) is 0 Å². The third-order valence-electron chi connectivity index (χ3n) is 2.28. The number of nitrogens with one attached hydrogen (secondary N) is 1. The van der Waals surface area contributed by atoms with Crippen molar-refractivity contribution in [3.8, 4) is 0 Å². The fourth-order valence-corrected chi connectivity index (χ4v) is 14.6. The summed E-state index contributed by atoms with van der Waals surface area (Å²) in [4.78, 5) is 3.30. The molecule has 8 heteroatoms. The van der Waals surface area contributed by atoms with Crippen molar-refractivity contribution in [2.24, 2.45) is 0 Å². The molecule has 0 bridgehead atoms. The maximum Gasteiger partial charge on any atom is 0.469 e. The molecule has 0 saturated heterocycles. The van der Waals surface area contributed by atoms with Crippen LogP contribution in [0.2, 0.25) is 45.3 Å². The molecule has 17 heavy (non-hydrogen) atoms. The molecule has 0 atom stereocenters. The Kier molecular flexibility index (Phi) is 7.64. The van der Waals surface area contributed by atoms with Gasteiger partial charge in [-0.1, -0.05) is 6.92 Å². The van der Waals surface area contributed by atoms with Crippen molar-refractivity contribution >= 4 is 35.4 Å². The van der Waals surface area contributed by atoms with E-state index in [1.165, 1.54) is 0 Å². The van der Waals surface area contributed by atoms with E-state index in [0.717, 1.165) is 6.04 Å². The minimum absolute atomic E-state index is 0.876. The van der Waals surface area contributed by atoms with Gasteiger partial charge in [0.05, 0.1) is 0 Å². The Balaban J connectivity index is 4.90. The van der Waals surface area contributed by atoms with Crippen LogP contribution in [-0.2, 0) is 12.3 Å². The molecule has 0 fully saturated rings. The zero-order valence-electron chi connectivity index (χ0n) is 12.6. The van der Waals surface area contributed by atoms with E-state index in [2.05, 4.69) is 51.2 Å². The first kappa shape index (κ1) is 17.7. The molecule has 0 amide bonds. The van der Waals surface area contributed by atoms with Crippen molar-refractivity contribution in [3.63, 3.8) is 0 Å². The molecule has 0 aromatic carbocycles. The van der Waals surface area contributed by atoms with E-state index in [1.54, 1.807) is 0 Å². The lowest BCUT2D eigenvalue weighted by atomic mass is 11.0. The summed E-state index contributed by atoms with van der Waals surface area (Å²) in [7, 11) is -4.62. The van der Waals surface area contributed by atoms with E-state index in [9.17, 15) is 0 Å². The summed E-state index contributed by atoms with van der Waals surface area (Å²) in [5.74, 6) is 0. The highest BCUT2D eigenvalue weighted by Gasteiger charge is 2.45. The molecule has 0 unspecified atom stereocenters. The first-order valence-corrected chi connectivity index (χ1v) is 16.8. The van der Waals surface area contributed by atoms with Crippen molar-refractivity contribution in [1.82, 2.24) is 4.98 Å². The molecule has 0 spiro atoms. The average molecular weight is 312 g/mol. The highest BCUT2D eigenvalue weighted by atomic mass is 28.5. The maximum atomic E-state index is 6.34. The summed E-state index contributed by atoms with van der Waals surface area (Å²) in [6, 6.07) is 0.876. The third-order valence-corrected chi connectivity index (χ3v) is 14.3. The quantitative estimate of drug-likeness (QED) is 0.695. The lowest BCUT2D eigenvalue weighted by molar-refractivity contribution is 0.260. The molecular formula is C9H29NO3Si4. The zero-order chi connectivity index (χ0) is 13.7. The predicted molar refractivity (Wildman–Crippen MR) is 83.8 cm³/mol. The van der Waals surface area contributed by atoms with Crippen LogP contribution in [0.25, 0.3) is 0 Å². The van der Waals surface area contributed by atoms with E-state index >= 15 is 0 Å². The molecule has 0 aromatic heterocycles. The molecule has 0 rings (SSSR count). The van der Waals surface area contributed by atoms with Crippen LogP contribution < -0.4 is 4.98 Å². The summed E-state index contributed by atoms with van der Waals surface area (Å²) in [6.45, 7) is 15.2. The fraction of sp³-hybridized carbons (Fsp3) is 1.00. The lowest BCUT2D eigenvalue weighted by Gasteiger charge is -2.38. The normalized spacial score (nSPS) is 13.8. The van der Waals surface area contributed by atoms with Gasteiger partial charge >= 0.3 is 8.80 Å². The topological polar surface area (TPSA) is 39.7 Å². The highest BCUT2D eigenvalue weighted by molar-refractivity contribution is 6.84. The van der Waals surface area contributed by atoms with E-state index in [-0.39, 0.29) is 0 Å². The van der Waals surface area contributed by atoms with Crippen molar-refractivity contribution < 1.29 is 12.3 Å². The van der Waals surface area contributed by atoms with E-state index in [4.69, 9.17) is 12.3 Å². The monoisotopic (exact) mass is 311 g/mol. The lowest BCUT2D eigenvalue weighted by Crippen LogP contribution is -2.60. The Hall–Kier alpha value is 0.708. The van der Waals surface area contributed by atoms with Gasteiger partial charge in [-0.25, -0.2) is 0 Å². The van der Waals surface area contributed by atoms with Crippen LogP contribution in [0, 0.1) is 0 Å². The standard InChI is InChI=1S/C9H29NO3Si4/c1-9-17(11-14(3)4,12-15(5)6)13-16(7,8)10-2/h10,14-15H,9H2,1-8H3. The van der Waals surface area contributed by atoms with Gasteiger partial charge in [-0.2, -0.15) is 0 Å². The van der Waals surface area contributed by atoms with E-state index in [1.807, 2.05) is 7.05 Å². The minimum Gasteiger partial charge on any atom is -0.420 e. The summed E-state index contributed by atoms with van der Waals surface area (Å²) in [6.07, 6.45) is 0. The second kappa shape index (κ2) is 7.33. The van der Waals surface area contributed by atoms with Crippen molar-refractivity contribution in [2.45, 2.75) is 52.2 Å². The van der Waals surface area contributed by atoms with Gasteiger partial charge in [0.1, 0.15) is 0 Å². The second-order valence-corrected chi connectivity index (χ2v) is 17.7. The van der Waals surface area contributed by atoms with Gasteiger partial charge in [0.25, 0.3) is 8.48 Å². The molecular weight excluding hydrogens is 282 g/mol. The number of rotatable bonds is 8. The summed E-state index contributed by atoms with van der Waals surface area (Å²) >= 11 is 0. The molecule has 0 aliphatic carbocycles. The summed E-state index contributed by atoms with van der Waals surface area (Å²) < 4.78 is 18.7. The van der Waals surface area contributed by atoms with Gasteiger partial charge in [0, 0.05) is 6.04 Å². The molecule has 4 nitrogen and oxygen atoms in total. The largest absolute Gasteiger partial charge is 0.469 e. The minimum atomic E-state index is -2.43. The predicted octanol–water partition coefficient (Wildman–Crippen LogP) is 1.88. The van der Waals surface area contributed by atoms with E-state index < -0.39 is 35.4 Å². The Morgan fingerprint density at radius 1 is 1.00 bits per heavy atom. The van der Waals surface area contributed by atoms with Crippen LogP contribution in [0.3, 0.4) is 0 Å². The molecule has 0 saturated carbocycles. The Morgan fingerprint density at radius 2 is 1.41 bits per heavy atom. The summed E-state index contributed by atoms with van der Waals surface area (Å²) in [5.41, 5.74) is 0. The molecule has 0 radical (unpaired) electrons. The molecule has 0 aliphatic rings. The fourth-order valence-electron chi connectivity index (χ4n) is 1.47. The second-order valence-electron chi connectivity index (χ2n) is 5.23. The average Bonchev–Trinajstić information content (AvgIpc) is 2.14. The summed E-state index contributed by atoms with van der Waals surface area (Å²) in [5, 5.41) is 0. The molecule has 0 heterocycles. The Morgan fingerprint density at radius 3 is 1.65 bits per heavy atom. The SMILES string of the molecule is CC[Si](O[SiH](C)C)(O[SiH](C)C)O[Si](C)(C)NC. The Bertz CT molecular complexity index is 216. The van der Waals surface area contributed by atoms with Gasteiger partial charge < -0.3 is 17.3 Å². The van der Waals surface area contributed by atoms with Crippen LogP contribution in [0.5, 0.6) is 0 Å². The van der Waals surface area contributed by atoms with Gasteiger partial charge in [-0.15, -0.1) is 0 Å². The van der Waals surface area contributed by atoms with Crippen molar-refractivity contribution in [1.29, 1.82) is 0 Å². The third kappa shape index (κ3) is 7.01. The first-order chi connectivity index (χ1) is 7.66. The van der Waals surface area contributed by atoms with Gasteiger partial charge in [-0.3, -0.25) is 0 Å². The highest BCUT2D eigenvalue weighted by Crippen LogP contribution is 2.21. The number of hydrogen-bond donors (Lipinski definition) is 1. The molecule has 1 N–H and O–H groups in total.